The third kappa shape index (κ3) is 3.03. The van der Waals surface area contributed by atoms with E-state index in [1.807, 2.05) is 11.5 Å². The maximum absolute atomic E-state index is 12.3. The Morgan fingerprint density at radius 3 is 2.67 bits per heavy atom. The second kappa shape index (κ2) is 6.18. The van der Waals surface area contributed by atoms with Gasteiger partial charge in [0.1, 0.15) is 12.4 Å². The number of fused-ring (bicyclic) bond motifs is 1. The number of rotatable bonds is 6. The molecule has 0 radical (unpaired) electrons. The summed E-state index contributed by atoms with van der Waals surface area (Å²) in [5.74, 6) is 0.489. The molecule has 0 saturated heterocycles. The van der Waals surface area contributed by atoms with Crippen LogP contribution in [0.4, 0.5) is 0 Å². The summed E-state index contributed by atoms with van der Waals surface area (Å²) in [6, 6.07) is 4.88. The van der Waals surface area contributed by atoms with Crippen molar-refractivity contribution in [1.29, 1.82) is 0 Å². The fourth-order valence-electron chi connectivity index (χ4n) is 2.57. The molecule has 1 aliphatic rings. The molecular weight excluding hydrogens is 330 g/mol. The molecule has 0 unspecified atom stereocenters. The highest BCUT2D eigenvalue weighted by atomic mass is 32.2. The van der Waals surface area contributed by atoms with E-state index in [-0.39, 0.29) is 23.4 Å². The minimum atomic E-state index is -3.51. The number of hydrogen-bond acceptors (Lipinski definition) is 5. The Morgan fingerprint density at radius 1 is 1.38 bits per heavy atom. The van der Waals surface area contributed by atoms with E-state index in [1.54, 1.807) is 18.2 Å². The third-order valence-electron chi connectivity index (χ3n) is 4.15. The van der Waals surface area contributed by atoms with E-state index in [4.69, 9.17) is 4.74 Å². The number of esters is 1. The van der Waals surface area contributed by atoms with Crippen LogP contribution in [0.5, 0.6) is 0 Å². The zero-order valence-electron chi connectivity index (χ0n) is 14.0. The van der Waals surface area contributed by atoms with Crippen LogP contribution in [0, 0.1) is 5.92 Å². The summed E-state index contributed by atoms with van der Waals surface area (Å²) in [5, 5.41) is 0. The first kappa shape index (κ1) is 16.9. The lowest BCUT2D eigenvalue weighted by atomic mass is 10.3. The lowest BCUT2D eigenvalue weighted by molar-refractivity contribution is -0.146. The summed E-state index contributed by atoms with van der Waals surface area (Å²) in [7, 11) is -0.523. The first-order valence-electron chi connectivity index (χ1n) is 7.93. The Labute approximate surface area is 141 Å². The van der Waals surface area contributed by atoms with Crippen LogP contribution in [-0.2, 0) is 32.7 Å². The number of sulfonamides is 1. The largest absolute Gasteiger partial charge is 0.457 e. The van der Waals surface area contributed by atoms with Gasteiger partial charge in [-0.2, -0.15) is 0 Å². The normalized spacial score (nSPS) is 15.2. The summed E-state index contributed by atoms with van der Waals surface area (Å²) in [6.07, 6.45) is 1.80. The number of imidazole rings is 1. The zero-order chi connectivity index (χ0) is 17.5. The molecule has 1 heterocycles. The first-order chi connectivity index (χ1) is 11.3. The molecule has 130 valence electrons. The van der Waals surface area contributed by atoms with Gasteiger partial charge in [-0.05, 0) is 38.0 Å². The zero-order valence-corrected chi connectivity index (χ0v) is 14.8. The van der Waals surface area contributed by atoms with Gasteiger partial charge in [-0.15, -0.1) is 0 Å². The second-order valence-electron chi connectivity index (χ2n) is 6.09. The number of nitrogens with zero attached hydrogens (tertiary/aromatic N) is 3. The summed E-state index contributed by atoms with van der Waals surface area (Å²) >= 11 is 0. The van der Waals surface area contributed by atoms with E-state index >= 15 is 0 Å². The van der Waals surface area contributed by atoms with Gasteiger partial charge in [0.25, 0.3) is 0 Å². The maximum Gasteiger partial charge on any atom is 0.309 e. The molecule has 1 aromatic carbocycles. The Hall–Kier alpha value is -1.93. The van der Waals surface area contributed by atoms with Crippen LogP contribution in [-0.4, -0.2) is 42.3 Å². The Morgan fingerprint density at radius 2 is 2.08 bits per heavy atom. The summed E-state index contributed by atoms with van der Waals surface area (Å²) < 4.78 is 32.9. The van der Waals surface area contributed by atoms with Gasteiger partial charge in [-0.3, -0.25) is 4.79 Å². The van der Waals surface area contributed by atoms with Crippen molar-refractivity contribution in [2.45, 2.75) is 37.8 Å². The van der Waals surface area contributed by atoms with E-state index in [9.17, 15) is 13.2 Å². The van der Waals surface area contributed by atoms with Crippen molar-refractivity contribution in [2.75, 3.05) is 14.1 Å². The minimum absolute atomic E-state index is 0.0429. The first-order valence-corrected chi connectivity index (χ1v) is 9.37. The molecule has 2 aromatic rings. The molecule has 1 saturated carbocycles. The lowest BCUT2D eigenvalue weighted by Crippen LogP contribution is -2.22. The van der Waals surface area contributed by atoms with Crippen molar-refractivity contribution in [3.8, 4) is 0 Å². The van der Waals surface area contributed by atoms with Crippen LogP contribution in [0.3, 0.4) is 0 Å². The average molecular weight is 351 g/mol. The number of ether oxygens (including phenoxy) is 1. The fraction of sp³-hybridized carbons (Fsp3) is 0.500. The van der Waals surface area contributed by atoms with Gasteiger partial charge in [0.2, 0.25) is 10.0 Å². The molecule has 0 amide bonds. The number of aryl methyl sites for hydroxylation is 1. The third-order valence-corrected chi connectivity index (χ3v) is 5.96. The van der Waals surface area contributed by atoms with E-state index in [1.165, 1.54) is 18.4 Å². The van der Waals surface area contributed by atoms with E-state index in [0.717, 1.165) is 18.4 Å². The molecule has 24 heavy (non-hydrogen) atoms. The van der Waals surface area contributed by atoms with Crippen molar-refractivity contribution in [1.82, 2.24) is 13.9 Å². The molecule has 7 nitrogen and oxygen atoms in total. The Kier molecular flexibility index (Phi) is 4.35. The Bertz CT molecular complexity index is 882. The lowest BCUT2D eigenvalue weighted by Gasteiger charge is -2.11. The van der Waals surface area contributed by atoms with E-state index in [0.29, 0.717) is 17.9 Å². The average Bonchev–Trinajstić information content (AvgIpc) is 3.33. The van der Waals surface area contributed by atoms with Gasteiger partial charge in [-0.25, -0.2) is 17.7 Å². The van der Waals surface area contributed by atoms with Gasteiger partial charge in [0.15, 0.2) is 0 Å². The number of carbonyl (C=O) groups is 1. The van der Waals surface area contributed by atoms with Crippen molar-refractivity contribution in [2.24, 2.45) is 5.92 Å². The van der Waals surface area contributed by atoms with E-state index in [2.05, 4.69) is 4.98 Å². The number of carbonyl (C=O) groups excluding carboxylic acids is 1. The SMILES string of the molecule is CCn1c(COC(=O)C2CC2)nc2cc(S(=O)(=O)N(C)C)ccc21. The summed E-state index contributed by atoms with van der Waals surface area (Å²) in [5.41, 5.74) is 1.41. The van der Waals surface area contributed by atoms with E-state index < -0.39 is 10.0 Å². The molecule has 0 N–H and O–H groups in total. The van der Waals surface area contributed by atoms with Crippen molar-refractivity contribution in [3.63, 3.8) is 0 Å². The van der Waals surface area contributed by atoms with Gasteiger partial charge in [0.05, 0.1) is 21.8 Å². The predicted molar refractivity (Wildman–Crippen MR) is 88.8 cm³/mol. The van der Waals surface area contributed by atoms with Crippen molar-refractivity contribution < 1.29 is 17.9 Å². The van der Waals surface area contributed by atoms with Gasteiger partial charge >= 0.3 is 5.97 Å². The fourth-order valence-corrected chi connectivity index (χ4v) is 3.49. The van der Waals surface area contributed by atoms with Gasteiger partial charge < -0.3 is 9.30 Å². The number of hydrogen-bond donors (Lipinski definition) is 0. The molecule has 0 bridgehead atoms. The molecule has 1 aromatic heterocycles. The molecule has 3 rings (SSSR count). The van der Waals surface area contributed by atoms with Crippen molar-refractivity contribution >= 4 is 27.0 Å². The highest BCUT2D eigenvalue weighted by molar-refractivity contribution is 7.89. The molecule has 1 fully saturated rings. The number of benzene rings is 1. The summed E-state index contributed by atoms with van der Waals surface area (Å²) in [4.78, 5) is 16.4. The topological polar surface area (TPSA) is 81.5 Å². The van der Waals surface area contributed by atoms with Gasteiger partial charge in [-0.1, -0.05) is 0 Å². The van der Waals surface area contributed by atoms with Crippen LogP contribution in [0.1, 0.15) is 25.6 Å². The smallest absolute Gasteiger partial charge is 0.309 e. The Balaban J connectivity index is 1.94. The van der Waals surface area contributed by atoms with Crippen LogP contribution >= 0.6 is 0 Å². The predicted octanol–water partition coefficient (Wildman–Crippen LogP) is 1.76. The van der Waals surface area contributed by atoms with Crippen molar-refractivity contribution in [3.05, 3.63) is 24.0 Å². The molecule has 0 atom stereocenters. The molecular formula is C16H21N3O4S. The van der Waals surface area contributed by atoms with Crippen LogP contribution in [0.15, 0.2) is 23.1 Å². The van der Waals surface area contributed by atoms with Gasteiger partial charge in [0, 0.05) is 20.6 Å². The minimum Gasteiger partial charge on any atom is -0.457 e. The highest BCUT2D eigenvalue weighted by Crippen LogP contribution is 2.30. The van der Waals surface area contributed by atoms with Crippen LogP contribution in [0.25, 0.3) is 11.0 Å². The molecule has 0 spiro atoms. The van der Waals surface area contributed by atoms with Crippen LogP contribution in [0.2, 0.25) is 0 Å². The monoisotopic (exact) mass is 351 g/mol. The highest BCUT2D eigenvalue weighted by Gasteiger charge is 2.31. The standard InChI is InChI=1S/C16H21N3O4S/c1-4-19-14-8-7-12(24(21,22)18(2)3)9-13(14)17-15(19)10-23-16(20)11-5-6-11/h7-9,11H,4-6,10H2,1-3H3. The quantitative estimate of drug-likeness (QED) is 0.741. The maximum atomic E-state index is 12.3. The number of aromatic nitrogens is 2. The molecule has 0 aliphatic heterocycles. The molecule has 8 heteroatoms. The summed E-state index contributed by atoms with van der Waals surface area (Å²) in [6.45, 7) is 2.73. The molecule has 1 aliphatic carbocycles. The van der Waals surface area contributed by atoms with Crippen LogP contribution < -0.4 is 0 Å². The second-order valence-corrected chi connectivity index (χ2v) is 8.24.